The van der Waals surface area contributed by atoms with E-state index in [0.717, 1.165) is 11.3 Å². The first-order valence-electron chi connectivity index (χ1n) is 6.75. The molecule has 0 aliphatic rings. The number of anilines is 1. The topological polar surface area (TPSA) is 41.1 Å². The molecular weight excluding hydrogens is 343 g/mol. The number of rotatable bonds is 6. The van der Waals surface area contributed by atoms with Crippen LogP contribution in [-0.4, -0.2) is 12.5 Å². The maximum absolute atomic E-state index is 11.8. The Balaban J connectivity index is 1.74. The highest BCUT2D eigenvalue weighted by Gasteiger charge is 2.04. The standard InChI is InChI=1S/C16H15Cl3N2O/c17-13-4-2-1-3-11(13)10-21-16(22)7-8-20-12-5-6-14(18)15(19)9-12/h1-6,9,20H,7-8,10H2,(H,21,22). The summed E-state index contributed by atoms with van der Waals surface area (Å²) in [6.07, 6.45) is 0.352. The van der Waals surface area contributed by atoms with E-state index >= 15 is 0 Å². The summed E-state index contributed by atoms with van der Waals surface area (Å²) in [5, 5.41) is 7.59. The Bertz CT molecular complexity index is 662. The van der Waals surface area contributed by atoms with E-state index in [1.165, 1.54) is 0 Å². The maximum Gasteiger partial charge on any atom is 0.222 e. The lowest BCUT2D eigenvalue weighted by Gasteiger charge is -2.09. The molecule has 1 amide bonds. The number of benzene rings is 2. The first-order valence-corrected chi connectivity index (χ1v) is 7.88. The van der Waals surface area contributed by atoms with Gasteiger partial charge in [-0.1, -0.05) is 53.0 Å². The monoisotopic (exact) mass is 356 g/mol. The molecule has 116 valence electrons. The van der Waals surface area contributed by atoms with Crippen LogP contribution in [0.4, 0.5) is 5.69 Å². The molecule has 2 aromatic carbocycles. The molecule has 0 atom stereocenters. The molecule has 0 aliphatic carbocycles. The third-order valence-electron chi connectivity index (χ3n) is 3.03. The van der Waals surface area contributed by atoms with E-state index in [1.807, 2.05) is 24.3 Å². The van der Waals surface area contributed by atoms with E-state index in [0.29, 0.717) is 34.6 Å². The summed E-state index contributed by atoms with van der Waals surface area (Å²) in [7, 11) is 0. The Morgan fingerprint density at radius 1 is 0.955 bits per heavy atom. The first kappa shape index (κ1) is 16.9. The fourth-order valence-electron chi connectivity index (χ4n) is 1.85. The number of nitrogens with one attached hydrogen (secondary N) is 2. The summed E-state index contributed by atoms with van der Waals surface area (Å²) < 4.78 is 0. The van der Waals surface area contributed by atoms with Crippen molar-refractivity contribution >= 4 is 46.4 Å². The lowest BCUT2D eigenvalue weighted by atomic mass is 10.2. The number of amides is 1. The molecule has 0 unspecified atom stereocenters. The molecule has 2 N–H and O–H groups in total. The van der Waals surface area contributed by atoms with Crippen molar-refractivity contribution in [2.45, 2.75) is 13.0 Å². The highest BCUT2D eigenvalue weighted by Crippen LogP contribution is 2.24. The predicted molar refractivity (Wildman–Crippen MR) is 92.9 cm³/mol. The van der Waals surface area contributed by atoms with E-state index in [1.54, 1.807) is 18.2 Å². The molecule has 0 aromatic heterocycles. The van der Waals surface area contributed by atoms with E-state index in [-0.39, 0.29) is 5.91 Å². The molecule has 0 saturated heterocycles. The van der Waals surface area contributed by atoms with Crippen LogP contribution < -0.4 is 10.6 Å². The number of halogens is 3. The van der Waals surface area contributed by atoms with E-state index in [4.69, 9.17) is 34.8 Å². The van der Waals surface area contributed by atoms with Gasteiger partial charge in [0.15, 0.2) is 0 Å². The summed E-state index contributed by atoms with van der Waals surface area (Å²) in [5.41, 5.74) is 1.73. The van der Waals surface area contributed by atoms with Gasteiger partial charge in [-0.25, -0.2) is 0 Å². The zero-order valence-corrected chi connectivity index (χ0v) is 14.0. The summed E-state index contributed by atoms with van der Waals surface area (Å²) >= 11 is 17.8. The molecule has 0 radical (unpaired) electrons. The normalized spacial score (nSPS) is 10.3. The Kier molecular flexibility index (Phi) is 6.37. The fourth-order valence-corrected chi connectivity index (χ4v) is 2.35. The van der Waals surface area contributed by atoms with Crippen molar-refractivity contribution in [3.63, 3.8) is 0 Å². The van der Waals surface area contributed by atoms with Crippen LogP contribution in [-0.2, 0) is 11.3 Å². The highest BCUT2D eigenvalue weighted by atomic mass is 35.5. The molecule has 0 fully saturated rings. The average Bonchev–Trinajstić information content (AvgIpc) is 2.50. The van der Waals surface area contributed by atoms with E-state index < -0.39 is 0 Å². The van der Waals surface area contributed by atoms with Gasteiger partial charge in [0.2, 0.25) is 5.91 Å². The third-order valence-corrected chi connectivity index (χ3v) is 4.14. The summed E-state index contributed by atoms with van der Waals surface area (Å²) in [6, 6.07) is 12.7. The van der Waals surface area contributed by atoms with Crippen LogP contribution in [0.2, 0.25) is 15.1 Å². The predicted octanol–water partition coefficient (Wildman–Crippen LogP) is 4.77. The molecule has 0 heterocycles. The third kappa shape index (κ3) is 5.09. The minimum atomic E-state index is -0.0486. The van der Waals surface area contributed by atoms with Crippen molar-refractivity contribution in [1.29, 1.82) is 0 Å². The lowest BCUT2D eigenvalue weighted by Crippen LogP contribution is -2.25. The van der Waals surface area contributed by atoms with Gasteiger partial charge in [0.1, 0.15) is 0 Å². The summed E-state index contributed by atoms with van der Waals surface area (Å²) in [6.45, 7) is 0.928. The molecule has 2 rings (SSSR count). The zero-order chi connectivity index (χ0) is 15.9. The van der Waals surface area contributed by atoms with Crippen LogP contribution in [0.5, 0.6) is 0 Å². The maximum atomic E-state index is 11.8. The minimum Gasteiger partial charge on any atom is -0.384 e. The van der Waals surface area contributed by atoms with E-state index in [2.05, 4.69) is 10.6 Å². The summed E-state index contributed by atoms with van der Waals surface area (Å²) in [4.78, 5) is 11.8. The highest BCUT2D eigenvalue weighted by molar-refractivity contribution is 6.42. The van der Waals surface area contributed by atoms with Gasteiger partial charge in [0, 0.05) is 30.2 Å². The smallest absolute Gasteiger partial charge is 0.222 e. The SMILES string of the molecule is O=C(CCNc1ccc(Cl)c(Cl)c1)NCc1ccccc1Cl. The number of carbonyl (C=O) groups excluding carboxylic acids is 1. The van der Waals surface area contributed by atoms with Crippen molar-refractivity contribution in [3.8, 4) is 0 Å². The van der Waals surface area contributed by atoms with Gasteiger partial charge in [0.05, 0.1) is 10.0 Å². The number of carbonyl (C=O) groups is 1. The fraction of sp³-hybridized carbons (Fsp3) is 0.188. The number of hydrogen-bond acceptors (Lipinski definition) is 2. The molecule has 0 saturated carbocycles. The van der Waals surface area contributed by atoms with Gasteiger partial charge >= 0.3 is 0 Å². The molecule has 0 bridgehead atoms. The second-order valence-corrected chi connectivity index (χ2v) is 5.90. The zero-order valence-electron chi connectivity index (χ0n) is 11.7. The average molecular weight is 358 g/mol. The van der Waals surface area contributed by atoms with Crippen LogP contribution in [0, 0.1) is 0 Å². The second kappa shape index (κ2) is 8.28. The Hall–Kier alpha value is -1.42. The van der Waals surface area contributed by atoms with Crippen LogP contribution >= 0.6 is 34.8 Å². The summed E-state index contributed by atoms with van der Waals surface area (Å²) in [5.74, 6) is -0.0486. The molecular formula is C16H15Cl3N2O. The lowest BCUT2D eigenvalue weighted by molar-refractivity contribution is -0.121. The van der Waals surface area contributed by atoms with Crippen LogP contribution in [0.3, 0.4) is 0 Å². The van der Waals surface area contributed by atoms with Crippen molar-refractivity contribution in [2.24, 2.45) is 0 Å². The van der Waals surface area contributed by atoms with Gasteiger partial charge < -0.3 is 10.6 Å². The van der Waals surface area contributed by atoms with Gasteiger partial charge in [-0.2, -0.15) is 0 Å². The van der Waals surface area contributed by atoms with Crippen LogP contribution in [0.1, 0.15) is 12.0 Å². The van der Waals surface area contributed by atoms with Gasteiger partial charge in [-0.15, -0.1) is 0 Å². The Labute approximate surface area is 144 Å². The molecule has 3 nitrogen and oxygen atoms in total. The van der Waals surface area contributed by atoms with Crippen LogP contribution in [0.25, 0.3) is 0 Å². The van der Waals surface area contributed by atoms with Gasteiger partial charge in [-0.05, 0) is 29.8 Å². The van der Waals surface area contributed by atoms with Gasteiger partial charge in [-0.3, -0.25) is 4.79 Å². The second-order valence-electron chi connectivity index (χ2n) is 4.67. The molecule has 2 aromatic rings. The molecule has 0 aliphatic heterocycles. The van der Waals surface area contributed by atoms with E-state index in [9.17, 15) is 4.79 Å². The van der Waals surface area contributed by atoms with Crippen molar-refractivity contribution in [1.82, 2.24) is 5.32 Å². The minimum absolute atomic E-state index is 0.0486. The first-order chi connectivity index (χ1) is 10.6. The van der Waals surface area contributed by atoms with Crippen molar-refractivity contribution in [3.05, 3.63) is 63.1 Å². The van der Waals surface area contributed by atoms with Gasteiger partial charge in [0.25, 0.3) is 0 Å². The van der Waals surface area contributed by atoms with Crippen molar-refractivity contribution < 1.29 is 4.79 Å². The Morgan fingerprint density at radius 2 is 1.73 bits per heavy atom. The molecule has 6 heteroatoms. The van der Waals surface area contributed by atoms with Crippen LogP contribution in [0.15, 0.2) is 42.5 Å². The number of hydrogen-bond donors (Lipinski definition) is 2. The largest absolute Gasteiger partial charge is 0.384 e. The molecule has 0 spiro atoms. The molecule has 22 heavy (non-hydrogen) atoms. The van der Waals surface area contributed by atoms with Crippen molar-refractivity contribution in [2.75, 3.05) is 11.9 Å². The quantitative estimate of drug-likeness (QED) is 0.782. The Morgan fingerprint density at radius 3 is 2.45 bits per heavy atom.